The molecule has 0 aromatic heterocycles. The monoisotopic (exact) mass is 584 g/mol. The number of amides is 2. The second-order valence-corrected chi connectivity index (χ2v) is 11.6. The molecule has 1 saturated heterocycles. The van der Waals surface area contributed by atoms with E-state index in [0.717, 1.165) is 43.5 Å². The highest BCUT2D eigenvalue weighted by molar-refractivity contribution is 6.30. The molecule has 0 radical (unpaired) electrons. The Bertz CT molecular complexity index is 1460. The molecule has 0 bridgehead atoms. The molecule has 6 nitrogen and oxygen atoms in total. The van der Waals surface area contributed by atoms with E-state index in [1.54, 1.807) is 30.9 Å². The number of ether oxygens (including phenoxy) is 1. The lowest BCUT2D eigenvalue weighted by atomic mass is 9.83. The standard InChI is InChI=1S/C35H37ClN2O4/c1-3-42-35(41)33-24(2)38(32(39)22-31(33)29-10-7-11-30(36)21-29)23-27-12-14-28(15-13-27)34(40)37-18-16-26(17-19-37)20-25-8-5-4-6-9-25/h4-15,21,26,31H,3,16-20,22-23H2,1-2H3/t31-/m0/s1. The molecule has 7 heteroatoms. The first-order chi connectivity index (χ1) is 20.3. The van der Waals surface area contributed by atoms with Crippen LogP contribution in [-0.2, 0) is 27.3 Å². The molecule has 1 atom stereocenters. The van der Waals surface area contributed by atoms with E-state index >= 15 is 0 Å². The number of carbonyl (C=O) groups excluding carboxylic acids is 3. The minimum absolute atomic E-state index is 0.0406. The van der Waals surface area contributed by atoms with Gasteiger partial charge in [-0.25, -0.2) is 4.79 Å². The van der Waals surface area contributed by atoms with Gasteiger partial charge in [-0.15, -0.1) is 0 Å². The molecule has 3 aromatic carbocycles. The molecule has 2 heterocycles. The van der Waals surface area contributed by atoms with E-state index in [1.165, 1.54) is 5.56 Å². The fourth-order valence-electron chi connectivity index (χ4n) is 6.09. The number of nitrogens with zero attached hydrogens (tertiary/aromatic N) is 2. The lowest BCUT2D eigenvalue weighted by Crippen LogP contribution is -2.39. The van der Waals surface area contributed by atoms with Crippen molar-refractivity contribution >= 4 is 29.4 Å². The molecule has 0 aliphatic carbocycles. The van der Waals surface area contributed by atoms with Crippen LogP contribution in [0.4, 0.5) is 0 Å². The van der Waals surface area contributed by atoms with Crippen LogP contribution in [0.25, 0.3) is 0 Å². The zero-order valence-corrected chi connectivity index (χ0v) is 25.0. The zero-order valence-electron chi connectivity index (χ0n) is 24.2. The summed E-state index contributed by atoms with van der Waals surface area (Å²) in [4.78, 5) is 43.3. The van der Waals surface area contributed by atoms with E-state index in [1.807, 2.05) is 47.4 Å². The highest BCUT2D eigenvalue weighted by atomic mass is 35.5. The van der Waals surface area contributed by atoms with Crippen molar-refractivity contribution in [1.82, 2.24) is 9.80 Å². The molecule has 2 aliphatic heterocycles. The Morgan fingerprint density at radius 2 is 1.64 bits per heavy atom. The number of halogens is 1. The van der Waals surface area contributed by atoms with Crippen molar-refractivity contribution in [2.75, 3.05) is 19.7 Å². The molecular formula is C35H37ClN2O4. The summed E-state index contributed by atoms with van der Waals surface area (Å²) in [7, 11) is 0. The summed E-state index contributed by atoms with van der Waals surface area (Å²) in [6.45, 7) is 5.62. The molecule has 0 spiro atoms. The first kappa shape index (κ1) is 29.6. The zero-order chi connectivity index (χ0) is 29.6. The topological polar surface area (TPSA) is 66.9 Å². The summed E-state index contributed by atoms with van der Waals surface area (Å²) >= 11 is 6.23. The van der Waals surface area contributed by atoms with Gasteiger partial charge in [0.15, 0.2) is 0 Å². The second-order valence-electron chi connectivity index (χ2n) is 11.1. The summed E-state index contributed by atoms with van der Waals surface area (Å²) in [6.07, 6.45) is 3.20. The molecule has 2 aliphatic rings. The predicted molar refractivity (Wildman–Crippen MR) is 164 cm³/mol. The normalized spacial score (nSPS) is 17.9. The van der Waals surface area contributed by atoms with Gasteiger partial charge in [-0.1, -0.05) is 66.2 Å². The third-order valence-electron chi connectivity index (χ3n) is 8.38. The molecule has 0 N–H and O–H groups in total. The van der Waals surface area contributed by atoms with E-state index in [9.17, 15) is 14.4 Å². The summed E-state index contributed by atoms with van der Waals surface area (Å²) < 4.78 is 5.39. The highest BCUT2D eigenvalue weighted by Crippen LogP contribution is 2.38. The van der Waals surface area contributed by atoms with Crippen molar-refractivity contribution < 1.29 is 19.1 Å². The minimum atomic E-state index is -0.427. The molecule has 218 valence electrons. The average Bonchev–Trinajstić information content (AvgIpc) is 3.00. The maximum absolute atomic E-state index is 13.4. The maximum atomic E-state index is 13.4. The van der Waals surface area contributed by atoms with Crippen LogP contribution in [0.3, 0.4) is 0 Å². The fraction of sp³-hybridized carbons (Fsp3) is 0.343. The van der Waals surface area contributed by atoms with Gasteiger partial charge in [0.1, 0.15) is 0 Å². The Morgan fingerprint density at radius 1 is 0.929 bits per heavy atom. The van der Waals surface area contributed by atoms with Gasteiger partial charge < -0.3 is 14.5 Å². The third kappa shape index (κ3) is 6.76. The number of rotatable bonds is 8. The summed E-state index contributed by atoms with van der Waals surface area (Å²) in [5.74, 6) is -0.299. The number of hydrogen-bond donors (Lipinski definition) is 0. The number of esters is 1. The summed E-state index contributed by atoms with van der Waals surface area (Å²) in [5, 5.41) is 0.550. The highest BCUT2D eigenvalue weighted by Gasteiger charge is 2.37. The summed E-state index contributed by atoms with van der Waals surface area (Å²) in [6, 6.07) is 25.3. The van der Waals surface area contributed by atoms with Gasteiger partial charge in [-0.3, -0.25) is 9.59 Å². The number of likely N-dealkylation sites (tertiary alicyclic amines) is 1. The van der Waals surface area contributed by atoms with Crippen molar-refractivity contribution in [2.45, 2.75) is 52.0 Å². The lowest BCUT2D eigenvalue weighted by molar-refractivity contribution is -0.140. The van der Waals surface area contributed by atoms with Gasteiger partial charge in [0.25, 0.3) is 5.91 Å². The van der Waals surface area contributed by atoms with Crippen LogP contribution < -0.4 is 0 Å². The molecule has 3 aromatic rings. The van der Waals surface area contributed by atoms with Crippen LogP contribution in [-0.4, -0.2) is 47.3 Å². The third-order valence-corrected chi connectivity index (χ3v) is 8.61. The first-order valence-electron chi connectivity index (χ1n) is 14.7. The van der Waals surface area contributed by atoms with Gasteiger partial charge in [0.05, 0.1) is 18.7 Å². The number of allylic oxidation sites excluding steroid dienone is 1. The molecule has 42 heavy (non-hydrogen) atoms. The van der Waals surface area contributed by atoms with Gasteiger partial charge in [0, 0.05) is 41.7 Å². The van der Waals surface area contributed by atoms with Crippen LogP contribution in [0.15, 0.2) is 90.1 Å². The average molecular weight is 585 g/mol. The number of hydrogen-bond acceptors (Lipinski definition) is 4. The molecule has 5 rings (SSSR count). The van der Waals surface area contributed by atoms with E-state index < -0.39 is 11.9 Å². The summed E-state index contributed by atoms with van der Waals surface area (Å²) in [5.41, 5.74) is 4.74. The van der Waals surface area contributed by atoms with Gasteiger partial charge in [-0.05, 0) is 80.0 Å². The second kappa shape index (κ2) is 13.4. The van der Waals surface area contributed by atoms with Crippen LogP contribution >= 0.6 is 11.6 Å². The largest absolute Gasteiger partial charge is 0.463 e. The lowest BCUT2D eigenvalue weighted by Gasteiger charge is -2.34. The number of benzene rings is 3. The van der Waals surface area contributed by atoms with Crippen LogP contribution in [0.1, 0.15) is 66.1 Å². The van der Waals surface area contributed by atoms with E-state index in [4.69, 9.17) is 16.3 Å². The Kier molecular flexibility index (Phi) is 9.43. The van der Waals surface area contributed by atoms with Crippen molar-refractivity contribution in [3.63, 3.8) is 0 Å². The van der Waals surface area contributed by atoms with Crippen LogP contribution in [0.5, 0.6) is 0 Å². The number of carbonyl (C=O) groups is 3. The molecule has 0 saturated carbocycles. The van der Waals surface area contributed by atoms with Crippen LogP contribution in [0.2, 0.25) is 5.02 Å². The Morgan fingerprint density at radius 3 is 2.31 bits per heavy atom. The van der Waals surface area contributed by atoms with Crippen molar-refractivity contribution in [3.05, 3.63) is 117 Å². The van der Waals surface area contributed by atoms with Gasteiger partial charge >= 0.3 is 5.97 Å². The van der Waals surface area contributed by atoms with Crippen LogP contribution in [0, 0.1) is 5.92 Å². The van der Waals surface area contributed by atoms with E-state index in [2.05, 4.69) is 24.3 Å². The maximum Gasteiger partial charge on any atom is 0.336 e. The first-order valence-corrected chi connectivity index (χ1v) is 15.1. The van der Waals surface area contributed by atoms with Gasteiger partial charge in [0.2, 0.25) is 5.91 Å². The predicted octanol–water partition coefficient (Wildman–Crippen LogP) is 6.79. The smallest absolute Gasteiger partial charge is 0.336 e. The molecule has 0 unspecified atom stereocenters. The molecule has 1 fully saturated rings. The Balaban J connectivity index is 1.26. The molecular weight excluding hydrogens is 548 g/mol. The fourth-order valence-corrected chi connectivity index (χ4v) is 6.29. The van der Waals surface area contributed by atoms with Crippen molar-refractivity contribution in [1.29, 1.82) is 0 Å². The van der Waals surface area contributed by atoms with E-state index in [-0.39, 0.29) is 24.8 Å². The quantitative estimate of drug-likeness (QED) is 0.274. The van der Waals surface area contributed by atoms with Crippen molar-refractivity contribution in [3.8, 4) is 0 Å². The Hall–Kier alpha value is -3.90. The minimum Gasteiger partial charge on any atom is -0.463 e. The molecule has 2 amide bonds. The Labute approximate surface area is 252 Å². The van der Waals surface area contributed by atoms with Gasteiger partial charge in [-0.2, -0.15) is 0 Å². The van der Waals surface area contributed by atoms with E-state index in [0.29, 0.717) is 34.3 Å². The van der Waals surface area contributed by atoms with Crippen molar-refractivity contribution in [2.24, 2.45) is 5.92 Å². The number of piperidine rings is 1. The SMILES string of the molecule is CCOC(=O)C1=C(C)N(Cc2ccc(C(=O)N3CCC(Cc4ccccc4)CC3)cc2)C(=O)C[C@H]1c1cccc(Cl)c1.